The molecule has 2 heterocycles. The first-order chi connectivity index (χ1) is 9.08. The highest BCUT2D eigenvalue weighted by molar-refractivity contribution is 5.01. The molecular weight excluding hydrogens is 269 g/mol. The van der Waals surface area contributed by atoms with Crippen molar-refractivity contribution in [2.45, 2.75) is 76.5 Å². The van der Waals surface area contributed by atoms with Gasteiger partial charge >= 0.3 is 6.18 Å². The highest BCUT2D eigenvalue weighted by Crippen LogP contribution is 2.37. The predicted molar refractivity (Wildman–Crippen MR) is 71.3 cm³/mol. The number of piperazine rings is 1. The molecule has 2 fully saturated rings. The van der Waals surface area contributed by atoms with E-state index in [0.29, 0.717) is 25.2 Å². The van der Waals surface area contributed by atoms with Gasteiger partial charge in [0.2, 0.25) is 0 Å². The van der Waals surface area contributed by atoms with Gasteiger partial charge in [0.1, 0.15) is 6.23 Å². The molecule has 0 spiro atoms. The second-order valence-electron chi connectivity index (χ2n) is 7.05. The molecule has 118 valence electrons. The summed E-state index contributed by atoms with van der Waals surface area (Å²) >= 11 is 0. The van der Waals surface area contributed by atoms with Gasteiger partial charge < -0.3 is 5.11 Å². The molecule has 0 aromatic rings. The minimum atomic E-state index is -4.19. The van der Waals surface area contributed by atoms with Crippen LogP contribution in [0.4, 0.5) is 13.2 Å². The van der Waals surface area contributed by atoms with E-state index in [9.17, 15) is 18.3 Å². The first-order valence-corrected chi connectivity index (χ1v) is 7.35. The average molecular weight is 294 g/mol. The monoisotopic (exact) mass is 294 g/mol. The van der Waals surface area contributed by atoms with E-state index in [1.54, 1.807) is 0 Å². The Morgan fingerprint density at radius 3 is 2.00 bits per heavy atom. The topological polar surface area (TPSA) is 26.7 Å². The molecule has 3 nitrogen and oxygen atoms in total. The lowest BCUT2D eigenvalue weighted by Gasteiger charge is -2.49. The molecule has 2 rings (SSSR count). The minimum absolute atomic E-state index is 0.0782. The molecule has 1 N–H and O–H groups in total. The van der Waals surface area contributed by atoms with Crippen LogP contribution in [0.2, 0.25) is 0 Å². The molecule has 0 amide bonds. The maximum Gasteiger partial charge on any atom is 0.389 e. The number of hydrogen-bond donors (Lipinski definition) is 1. The minimum Gasteiger partial charge on any atom is -0.378 e. The van der Waals surface area contributed by atoms with E-state index in [4.69, 9.17) is 0 Å². The lowest BCUT2D eigenvalue weighted by molar-refractivity contribution is -0.150. The molecule has 2 bridgehead atoms. The smallest absolute Gasteiger partial charge is 0.378 e. The van der Waals surface area contributed by atoms with Gasteiger partial charge in [0.05, 0.1) is 0 Å². The number of rotatable bonds is 3. The van der Waals surface area contributed by atoms with Gasteiger partial charge in [-0.3, -0.25) is 9.80 Å². The summed E-state index contributed by atoms with van der Waals surface area (Å²) in [6, 6.07) is 0.712. The summed E-state index contributed by atoms with van der Waals surface area (Å²) in [5.41, 5.74) is 0.0782. The van der Waals surface area contributed by atoms with Crippen molar-refractivity contribution >= 4 is 0 Å². The Balaban J connectivity index is 1.92. The quantitative estimate of drug-likeness (QED) is 0.867. The van der Waals surface area contributed by atoms with Crippen LogP contribution in [0.25, 0.3) is 0 Å². The number of halogens is 3. The third-order valence-electron chi connectivity index (χ3n) is 4.39. The van der Waals surface area contributed by atoms with Crippen LogP contribution in [-0.2, 0) is 0 Å². The van der Waals surface area contributed by atoms with Crippen molar-refractivity contribution in [1.82, 2.24) is 9.80 Å². The molecule has 6 heteroatoms. The number of nitrogens with zero attached hydrogens (tertiary/aromatic N) is 2. The molecule has 3 atom stereocenters. The Labute approximate surface area is 118 Å². The Morgan fingerprint density at radius 2 is 1.60 bits per heavy atom. The number of alkyl halides is 3. The van der Waals surface area contributed by atoms with E-state index in [1.165, 1.54) is 0 Å². The molecule has 20 heavy (non-hydrogen) atoms. The molecule has 0 radical (unpaired) electrons. The standard InChI is InChI=1S/C14H25F3N2O/c1-13(2,3)19-10-4-5-11(19)9-18(8-10)12(20)6-7-14(15,16)17/h10-12,20H,4-9H2,1-3H3. The molecular formula is C14H25F3N2O. The third-order valence-corrected chi connectivity index (χ3v) is 4.39. The number of likely N-dealkylation sites (tertiary alicyclic amines) is 1. The zero-order valence-corrected chi connectivity index (χ0v) is 12.5. The Kier molecular flexibility index (Phi) is 4.38. The van der Waals surface area contributed by atoms with Crippen LogP contribution < -0.4 is 0 Å². The van der Waals surface area contributed by atoms with Gasteiger partial charge in [0, 0.05) is 37.1 Å². The zero-order valence-electron chi connectivity index (χ0n) is 12.5. The summed E-state index contributed by atoms with van der Waals surface area (Å²) in [5, 5.41) is 10.00. The van der Waals surface area contributed by atoms with Gasteiger partial charge in [0.25, 0.3) is 0 Å². The van der Waals surface area contributed by atoms with Crippen LogP contribution >= 0.6 is 0 Å². The van der Waals surface area contributed by atoms with Crippen molar-refractivity contribution in [3.63, 3.8) is 0 Å². The second kappa shape index (κ2) is 5.46. The van der Waals surface area contributed by atoms with Crippen LogP contribution in [-0.4, -0.2) is 58.0 Å². The van der Waals surface area contributed by atoms with Gasteiger partial charge in [-0.1, -0.05) is 0 Å². The predicted octanol–water partition coefficient (Wildman–Crippen LogP) is 2.59. The van der Waals surface area contributed by atoms with Crippen molar-refractivity contribution in [2.24, 2.45) is 0 Å². The van der Waals surface area contributed by atoms with E-state index in [1.807, 2.05) is 4.90 Å². The van der Waals surface area contributed by atoms with Gasteiger partial charge in [-0.25, -0.2) is 0 Å². The van der Waals surface area contributed by atoms with Crippen molar-refractivity contribution in [2.75, 3.05) is 13.1 Å². The number of aliphatic hydroxyl groups is 1. The van der Waals surface area contributed by atoms with Gasteiger partial charge in [-0.15, -0.1) is 0 Å². The number of fused-ring (bicyclic) bond motifs is 2. The molecule has 0 aromatic heterocycles. The van der Waals surface area contributed by atoms with E-state index in [0.717, 1.165) is 12.8 Å². The first kappa shape index (κ1) is 16.0. The van der Waals surface area contributed by atoms with Gasteiger partial charge in [-0.2, -0.15) is 13.2 Å². The van der Waals surface area contributed by atoms with Crippen LogP contribution in [0.1, 0.15) is 46.5 Å². The van der Waals surface area contributed by atoms with Crippen LogP contribution in [0.15, 0.2) is 0 Å². The average Bonchev–Trinajstić information content (AvgIpc) is 2.57. The fraction of sp³-hybridized carbons (Fsp3) is 1.00. The maximum absolute atomic E-state index is 12.2. The highest BCUT2D eigenvalue weighted by atomic mass is 19.4. The largest absolute Gasteiger partial charge is 0.389 e. The fourth-order valence-electron chi connectivity index (χ4n) is 3.75. The number of aliphatic hydroxyl groups excluding tert-OH is 1. The lowest BCUT2D eigenvalue weighted by atomic mass is 10.00. The summed E-state index contributed by atoms with van der Waals surface area (Å²) in [6.07, 6.45) is -4.15. The zero-order chi connectivity index (χ0) is 15.1. The van der Waals surface area contributed by atoms with Crippen molar-refractivity contribution < 1.29 is 18.3 Å². The molecule has 2 saturated heterocycles. The first-order valence-electron chi connectivity index (χ1n) is 7.35. The summed E-state index contributed by atoms with van der Waals surface area (Å²) in [7, 11) is 0. The van der Waals surface area contributed by atoms with E-state index in [-0.39, 0.29) is 12.0 Å². The fourth-order valence-corrected chi connectivity index (χ4v) is 3.75. The number of hydrogen-bond acceptors (Lipinski definition) is 3. The molecule has 0 saturated carbocycles. The third kappa shape index (κ3) is 3.65. The molecule has 0 aromatic carbocycles. The molecule has 2 aliphatic heterocycles. The summed E-state index contributed by atoms with van der Waals surface area (Å²) in [4.78, 5) is 4.30. The normalized spacial score (nSPS) is 30.8. The van der Waals surface area contributed by atoms with E-state index in [2.05, 4.69) is 25.7 Å². The Bertz CT molecular complexity index is 326. The van der Waals surface area contributed by atoms with Gasteiger partial charge in [0.15, 0.2) is 0 Å². The second-order valence-corrected chi connectivity index (χ2v) is 7.05. The van der Waals surface area contributed by atoms with E-state index < -0.39 is 18.8 Å². The highest BCUT2D eigenvalue weighted by Gasteiger charge is 2.45. The van der Waals surface area contributed by atoms with Crippen LogP contribution in [0.3, 0.4) is 0 Å². The van der Waals surface area contributed by atoms with Crippen LogP contribution in [0, 0.1) is 0 Å². The summed E-state index contributed by atoms with van der Waals surface area (Å²) in [5.74, 6) is 0. The molecule has 0 aliphatic carbocycles. The molecule has 2 aliphatic rings. The van der Waals surface area contributed by atoms with Crippen molar-refractivity contribution in [3.8, 4) is 0 Å². The van der Waals surface area contributed by atoms with Crippen molar-refractivity contribution in [3.05, 3.63) is 0 Å². The Morgan fingerprint density at radius 1 is 1.10 bits per heavy atom. The Hall–Kier alpha value is -0.330. The maximum atomic E-state index is 12.2. The van der Waals surface area contributed by atoms with Crippen molar-refractivity contribution in [1.29, 1.82) is 0 Å². The lowest BCUT2D eigenvalue weighted by Crippen LogP contribution is -2.61. The molecule has 3 unspecified atom stereocenters. The summed E-state index contributed by atoms with van der Waals surface area (Å²) in [6.45, 7) is 7.87. The summed E-state index contributed by atoms with van der Waals surface area (Å²) < 4.78 is 36.7. The van der Waals surface area contributed by atoms with Gasteiger partial charge in [-0.05, 0) is 40.0 Å². The van der Waals surface area contributed by atoms with E-state index >= 15 is 0 Å². The van der Waals surface area contributed by atoms with Crippen LogP contribution in [0.5, 0.6) is 0 Å². The SMILES string of the molecule is CC(C)(C)N1C2CCC1CN(C(O)CCC(F)(F)F)C2.